The zero-order valence-electron chi connectivity index (χ0n) is 16.5. The van der Waals surface area contributed by atoms with E-state index in [0.29, 0.717) is 16.8 Å². The molecule has 0 aliphatic rings. The first kappa shape index (κ1) is 22.2. The van der Waals surface area contributed by atoms with Crippen LogP contribution < -0.4 is 9.46 Å². The van der Waals surface area contributed by atoms with E-state index in [1.165, 1.54) is 54.6 Å². The Kier molecular flexibility index (Phi) is 6.81. The highest BCUT2D eigenvalue weighted by molar-refractivity contribution is 7.92. The summed E-state index contributed by atoms with van der Waals surface area (Å²) in [6.07, 6.45) is 2.62. The van der Waals surface area contributed by atoms with Crippen molar-refractivity contribution in [1.82, 2.24) is 0 Å². The van der Waals surface area contributed by atoms with Gasteiger partial charge in [-0.3, -0.25) is 9.52 Å². The Labute approximate surface area is 179 Å². The van der Waals surface area contributed by atoms with E-state index in [2.05, 4.69) is 9.46 Å². The van der Waals surface area contributed by atoms with E-state index in [4.69, 9.17) is 0 Å². The number of halogens is 2. The smallest absolute Gasteiger partial charge is 0.387 e. The molecular weight excluding hydrogens is 424 g/mol. The highest BCUT2D eigenvalue weighted by atomic mass is 32.2. The summed E-state index contributed by atoms with van der Waals surface area (Å²) in [4.78, 5) is 12.5. The van der Waals surface area contributed by atoms with Crippen LogP contribution in [0.5, 0.6) is 5.75 Å². The highest BCUT2D eigenvalue weighted by Crippen LogP contribution is 2.22. The number of ketones is 1. The highest BCUT2D eigenvalue weighted by Gasteiger charge is 2.14. The summed E-state index contributed by atoms with van der Waals surface area (Å²) < 4.78 is 56.7. The lowest BCUT2D eigenvalue weighted by molar-refractivity contribution is -0.0499. The molecule has 0 amide bonds. The van der Waals surface area contributed by atoms with Gasteiger partial charge in [0.05, 0.1) is 4.90 Å². The monoisotopic (exact) mass is 443 g/mol. The molecule has 160 valence electrons. The number of hydrogen-bond acceptors (Lipinski definition) is 4. The first-order chi connectivity index (χ1) is 14.7. The second kappa shape index (κ2) is 9.53. The molecule has 3 rings (SSSR count). The first-order valence-corrected chi connectivity index (χ1v) is 10.7. The Morgan fingerprint density at radius 1 is 0.968 bits per heavy atom. The van der Waals surface area contributed by atoms with Gasteiger partial charge < -0.3 is 4.74 Å². The lowest BCUT2D eigenvalue weighted by Crippen LogP contribution is -2.13. The zero-order valence-corrected chi connectivity index (χ0v) is 17.3. The standard InChI is InChI=1S/C23H19F2NO4S/c1-16-6-13-20(14-7-16)31(28,29)26-19-11-8-17(9-12-19)21(27)15-10-18-4-2-3-5-22(18)30-23(24)25/h2-15,23,26H,1H3. The van der Waals surface area contributed by atoms with Gasteiger partial charge in [0.15, 0.2) is 5.78 Å². The zero-order chi connectivity index (χ0) is 22.4. The van der Waals surface area contributed by atoms with E-state index >= 15 is 0 Å². The Bertz CT molecular complexity index is 1190. The number of carbonyl (C=O) groups excluding carboxylic acids is 1. The number of hydrogen-bond donors (Lipinski definition) is 1. The molecule has 0 aliphatic heterocycles. The number of nitrogens with one attached hydrogen (secondary N) is 1. The first-order valence-electron chi connectivity index (χ1n) is 9.20. The van der Waals surface area contributed by atoms with Crippen LogP contribution in [0.2, 0.25) is 0 Å². The van der Waals surface area contributed by atoms with Crippen LogP contribution >= 0.6 is 0 Å². The fraction of sp³-hybridized carbons (Fsp3) is 0.0870. The van der Waals surface area contributed by atoms with Gasteiger partial charge in [-0.15, -0.1) is 0 Å². The van der Waals surface area contributed by atoms with Gasteiger partial charge in [-0.05, 0) is 61.5 Å². The predicted octanol–water partition coefficient (Wildman–Crippen LogP) is 5.29. The van der Waals surface area contributed by atoms with Crippen LogP contribution in [-0.4, -0.2) is 20.8 Å². The number of ether oxygens (including phenoxy) is 1. The van der Waals surface area contributed by atoms with Crippen LogP contribution in [0.1, 0.15) is 21.5 Å². The van der Waals surface area contributed by atoms with Crippen molar-refractivity contribution in [2.75, 3.05) is 4.72 Å². The van der Waals surface area contributed by atoms with Gasteiger partial charge in [-0.1, -0.05) is 35.9 Å². The molecule has 8 heteroatoms. The van der Waals surface area contributed by atoms with Crippen molar-refractivity contribution in [3.63, 3.8) is 0 Å². The molecule has 0 heterocycles. The molecule has 1 N–H and O–H groups in total. The number of alkyl halides is 2. The topological polar surface area (TPSA) is 72.5 Å². The third kappa shape index (κ3) is 5.99. The molecule has 3 aromatic rings. The van der Waals surface area contributed by atoms with Crippen molar-refractivity contribution in [1.29, 1.82) is 0 Å². The van der Waals surface area contributed by atoms with E-state index in [-0.39, 0.29) is 16.4 Å². The molecule has 31 heavy (non-hydrogen) atoms. The number of aryl methyl sites for hydroxylation is 1. The average molecular weight is 443 g/mol. The summed E-state index contributed by atoms with van der Waals surface area (Å²) in [5, 5.41) is 0. The SMILES string of the molecule is Cc1ccc(S(=O)(=O)Nc2ccc(C(=O)C=Cc3ccccc3OC(F)F)cc2)cc1. The number of allylic oxidation sites excluding steroid dienone is 1. The van der Waals surface area contributed by atoms with Crippen LogP contribution in [0.15, 0.2) is 83.8 Å². The quantitative estimate of drug-likeness (QED) is 0.379. The maximum absolute atomic E-state index is 12.5. The Morgan fingerprint density at radius 3 is 2.26 bits per heavy atom. The minimum atomic E-state index is -3.75. The molecule has 0 unspecified atom stereocenters. The fourth-order valence-corrected chi connectivity index (χ4v) is 3.78. The number of para-hydroxylation sites is 1. The second-order valence-corrected chi connectivity index (χ2v) is 8.29. The molecule has 0 atom stereocenters. The molecule has 0 saturated heterocycles. The van der Waals surface area contributed by atoms with Crippen LogP contribution in [0.25, 0.3) is 6.08 Å². The van der Waals surface area contributed by atoms with Gasteiger partial charge in [0.2, 0.25) is 0 Å². The van der Waals surface area contributed by atoms with E-state index in [0.717, 1.165) is 5.56 Å². The molecule has 3 aromatic carbocycles. The number of anilines is 1. The fourth-order valence-electron chi connectivity index (χ4n) is 2.72. The number of rotatable bonds is 8. The van der Waals surface area contributed by atoms with Crippen molar-refractivity contribution < 1.29 is 26.7 Å². The molecule has 0 radical (unpaired) electrons. The minimum Gasteiger partial charge on any atom is -0.434 e. The van der Waals surface area contributed by atoms with E-state index in [1.807, 2.05) is 6.92 Å². The summed E-state index contributed by atoms with van der Waals surface area (Å²) in [5.74, 6) is -0.415. The molecule has 0 bridgehead atoms. The lowest BCUT2D eigenvalue weighted by Gasteiger charge is -2.09. The van der Waals surface area contributed by atoms with Gasteiger partial charge in [-0.25, -0.2) is 8.42 Å². The van der Waals surface area contributed by atoms with Gasteiger partial charge in [-0.2, -0.15) is 8.78 Å². The molecule has 0 fully saturated rings. The van der Waals surface area contributed by atoms with Gasteiger partial charge in [0.1, 0.15) is 5.75 Å². The maximum Gasteiger partial charge on any atom is 0.387 e. The van der Waals surface area contributed by atoms with Crippen LogP contribution in [0, 0.1) is 6.92 Å². The van der Waals surface area contributed by atoms with Gasteiger partial charge in [0.25, 0.3) is 10.0 Å². The van der Waals surface area contributed by atoms with E-state index in [9.17, 15) is 22.0 Å². The van der Waals surface area contributed by atoms with Crippen molar-refractivity contribution >= 4 is 27.6 Å². The Balaban J connectivity index is 1.71. The Hall–Kier alpha value is -3.52. The van der Waals surface area contributed by atoms with Crippen LogP contribution in [0.3, 0.4) is 0 Å². The predicted molar refractivity (Wildman–Crippen MR) is 115 cm³/mol. The summed E-state index contributed by atoms with van der Waals surface area (Å²) in [5.41, 5.74) is 1.88. The maximum atomic E-state index is 12.5. The molecule has 0 spiro atoms. The largest absolute Gasteiger partial charge is 0.434 e. The van der Waals surface area contributed by atoms with Crippen LogP contribution in [0.4, 0.5) is 14.5 Å². The summed E-state index contributed by atoms with van der Waals surface area (Å²) in [7, 11) is -3.75. The van der Waals surface area contributed by atoms with Crippen molar-refractivity contribution in [3.8, 4) is 5.75 Å². The van der Waals surface area contributed by atoms with Crippen LogP contribution in [-0.2, 0) is 10.0 Å². The molecule has 0 aliphatic carbocycles. The summed E-state index contributed by atoms with van der Waals surface area (Å²) in [6, 6.07) is 18.4. The molecule has 5 nitrogen and oxygen atoms in total. The van der Waals surface area contributed by atoms with E-state index in [1.54, 1.807) is 30.3 Å². The summed E-state index contributed by atoms with van der Waals surface area (Å²) in [6.45, 7) is -1.11. The van der Waals surface area contributed by atoms with Crippen molar-refractivity contribution in [2.24, 2.45) is 0 Å². The number of benzene rings is 3. The normalized spacial score (nSPS) is 11.6. The van der Waals surface area contributed by atoms with Crippen molar-refractivity contribution in [2.45, 2.75) is 18.4 Å². The number of sulfonamides is 1. The third-order valence-electron chi connectivity index (χ3n) is 4.30. The molecular formula is C23H19F2NO4S. The Morgan fingerprint density at radius 2 is 1.61 bits per heavy atom. The second-order valence-electron chi connectivity index (χ2n) is 6.61. The molecule has 0 saturated carbocycles. The average Bonchev–Trinajstić information content (AvgIpc) is 2.73. The lowest BCUT2D eigenvalue weighted by atomic mass is 10.1. The minimum absolute atomic E-state index is 0.0394. The third-order valence-corrected chi connectivity index (χ3v) is 5.70. The van der Waals surface area contributed by atoms with Crippen molar-refractivity contribution in [3.05, 3.63) is 95.6 Å². The van der Waals surface area contributed by atoms with E-state index < -0.39 is 16.6 Å². The summed E-state index contributed by atoms with van der Waals surface area (Å²) >= 11 is 0. The number of carbonyl (C=O) groups is 1. The van der Waals surface area contributed by atoms with Gasteiger partial charge >= 0.3 is 6.61 Å². The molecule has 0 aromatic heterocycles. The van der Waals surface area contributed by atoms with Gasteiger partial charge in [0, 0.05) is 16.8 Å².